The summed E-state index contributed by atoms with van der Waals surface area (Å²) in [5, 5.41) is 0. The number of aryl methyl sites for hydroxylation is 2. The second-order valence-electron chi connectivity index (χ2n) is 5.86. The Labute approximate surface area is 109 Å². The molecule has 0 spiro atoms. The maximum absolute atomic E-state index is 5.64. The fraction of sp³-hybridized carbons (Fsp3) is 0.533. The highest BCUT2D eigenvalue weighted by Crippen LogP contribution is 2.26. The number of nitrogens with one attached hydrogen (secondary N) is 1. The highest BCUT2D eigenvalue weighted by atomic mass is 14.9. The van der Waals surface area contributed by atoms with E-state index in [1.54, 1.807) is 0 Å². The molecule has 18 heavy (non-hydrogen) atoms. The van der Waals surface area contributed by atoms with Crippen molar-refractivity contribution in [3.05, 3.63) is 29.6 Å². The van der Waals surface area contributed by atoms with Crippen molar-refractivity contribution < 1.29 is 0 Å². The van der Waals surface area contributed by atoms with Gasteiger partial charge in [-0.15, -0.1) is 0 Å². The number of nitrogens with two attached hydrogens (primary N) is 1. The number of fused-ring (bicyclic) bond motifs is 1. The minimum atomic E-state index is 0.294. The van der Waals surface area contributed by atoms with E-state index >= 15 is 0 Å². The van der Waals surface area contributed by atoms with Crippen LogP contribution in [-0.2, 0) is 6.42 Å². The van der Waals surface area contributed by atoms with Crippen LogP contribution >= 0.6 is 0 Å². The van der Waals surface area contributed by atoms with E-state index in [0.717, 1.165) is 42.7 Å². The van der Waals surface area contributed by atoms with E-state index in [0.29, 0.717) is 5.41 Å². The van der Waals surface area contributed by atoms with Gasteiger partial charge in [0.15, 0.2) is 0 Å². The van der Waals surface area contributed by atoms with E-state index in [4.69, 9.17) is 5.73 Å². The summed E-state index contributed by atoms with van der Waals surface area (Å²) in [5.41, 5.74) is 9.41. The predicted octanol–water partition coefficient (Wildman–Crippen LogP) is 3.18. The van der Waals surface area contributed by atoms with E-state index in [1.165, 1.54) is 5.56 Å². The summed E-state index contributed by atoms with van der Waals surface area (Å²) in [7, 11) is 0. The molecule has 0 aliphatic carbocycles. The summed E-state index contributed by atoms with van der Waals surface area (Å²) in [6.07, 6.45) is 3.16. The van der Waals surface area contributed by atoms with Gasteiger partial charge in [-0.1, -0.05) is 26.0 Å². The number of H-pyrrole nitrogens is 1. The second-order valence-corrected chi connectivity index (χ2v) is 5.86. The Bertz CT molecular complexity index is 526. The number of aromatic nitrogens is 2. The third-order valence-corrected chi connectivity index (χ3v) is 3.62. The Morgan fingerprint density at radius 2 is 2.06 bits per heavy atom. The average molecular weight is 245 g/mol. The average Bonchev–Trinajstić information content (AvgIpc) is 2.71. The van der Waals surface area contributed by atoms with Crippen molar-refractivity contribution in [2.75, 3.05) is 6.54 Å². The Balaban J connectivity index is 2.11. The number of imidazole rings is 1. The number of aromatic amines is 1. The van der Waals surface area contributed by atoms with Crippen LogP contribution in [0.2, 0.25) is 0 Å². The normalized spacial score (nSPS) is 12.2. The molecule has 3 heteroatoms. The van der Waals surface area contributed by atoms with E-state index in [9.17, 15) is 0 Å². The van der Waals surface area contributed by atoms with Gasteiger partial charge in [0.05, 0.1) is 11.0 Å². The minimum absolute atomic E-state index is 0.294. The van der Waals surface area contributed by atoms with Crippen molar-refractivity contribution in [3.8, 4) is 0 Å². The number of nitrogens with zero attached hydrogens (tertiary/aromatic N) is 1. The molecule has 1 heterocycles. The van der Waals surface area contributed by atoms with Crippen LogP contribution in [0.25, 0.3) is 11.0 Å². The maximum Gasteiger partial charge on any atom is 0.107 e. The molecule has 2 aromatic rings. The van der Waals surface area contributed by atoms with Crippen molar-refractivity contribution in [2.45, 2.75) is 40.0 Å². The number of hydrogen-bond acceptors (Lipinski definition) is 2. The van der Waals surface area contributed by atoms with Gasteiger partial charge in [0.1, 0.15) is 5.82 Å². The zero-order valence-corrected chi connectivity index (χ0v) is 11.6. The van der Waals surface area contributed by atoms with Gasteiger partial charge in [-0.25, -0.2) is 4.98 Å². The molecular formula is C15H23N3. The Kier molecular flexibility index (Phi) is 3.71. The lowest BCUT2D eigenvalue weighted by molar-refractivity contribution is 0.311. The molecule has 1 aromatic carbocycles. The minimum Gasteiger partial charge on any atom is -0.342 e. The molecule has 0 saturated heterocycles. The molecule has 3 nitrogen and oxygen atoms in total. The zero-order chi connectivity index (χ0) is 13.2. The molecule has 0 fully saturated rings. The highest BCUT2D eigenvalue weighted by Gasteiger charge is 2.17. The molecule has 0 radical (unpaired) electrons. The lowest BCUT2D eigenvalue weighted by atomic mass is 9.84. The van der Waals surface area contributed by atoms with Crippen LogP contribution in [0.15, 0.2) is 18.2 Å². The lowest BCUT2D eigenvalue weighted by Gasteiger charge is -2.22. The first kappa shape index (κ1) is 13.1. The van der Waals surface area contributed by atoms with Gasteiger partial charge in [0.25, 0.3) is 0 Å². The van der Waals surface area contributed by atoms with Crippen LogP contribution in [0.3, 0.4) is 0 Å². The van der Waals surface area contributed by atoms with Crippen LogP contribution in [0.4, 0.5) is 0 Å². The summed E-state index contributed by atoms with van der Waals surface area (Å²) >= 11 is 0. The Morgan fingerprint density at radius 3 is 2.72 bits per heavy atom. The standard InChI is InChI=1S/C15H23N3/c1-11-5-4-6-12-14(11)18-13(17-12)7-8-15(2,3)9-10-16/h4-6H,7-10,16H2,1-3H3,(H,17,18). The molecule has 0 bridgehead atoms. The summed E-state index contributed by atoms with van der Waals surface area (Å²) in [4.78, 5) is 8.10. The molecular weight excluding hydrogens is 222 g/mol. The first-order chi connectivity index (χ1) is 8.52. The van der Waals surface area contributed by atoms with Crippen LogP contribution in [0.1, 0.15) is 38.1 Å². The predicted molar refractivity (Wildman–Crippen MR) is 76.6 cm³/mol. The molecule has 98 valence electrons. The van der Waals surface area contributed by atoms with Gasteiger partial charge >= 0.3 is 0 Å². The van der Waals surface area contributed by atoms with Crippen molar-refractivity contribution >= 4 is 11.0 Å². The van der Waals surface area contributed by atoms with Crippen molar-refractivity contribution in [1.82, 2.24) is 9.97 Å². The quantitative estimate of drug-likeness (QED) is 0.850. The van der Waals surface area contributed by atoms with Crippen molar-refractivity contribution in [3.63, 3.8) is 0 Å². The fourth-order valence-corrected chi connectivity index (χ4v) is 2.32. The summed E-state index contributed by atoms with van der Waals surface area (Å²) in [5.74, 6) is 1.09. The van der Waals surface area contributed by atoms with Gasteiger partial charge in [-0.3, -0.25) is 0 Å². The fourth-order valence-electron chi connectivity index (χ4n) is 2.32. The molecule has 0 aliphatic heterocycles. The number of benzene rings is 1. The molecule has 0 aliphatic rings. The van der Waals surface area contributed by atoms with Gasteiger partial charge < -0.3 is 10.7 Å². The first-order valence-corrected chi connectivity index (χ1v) is 6.66. The smallest absolute Gasteiger partial charge is 0.107 e. The first-order valence-electron chi connectivity index (χ1n) is 6.66. The zero-order valence-electron chi connectivity index (χ0n) is 11.6. The van der Waals surface area contributed by atoms with Crippen LogP contribution < -0.4 is 5.73 Å². The molecule has 0 amide bonds. The van der Waals surface area contributed by atoms with Crippen molar-refractivity contribution in [2.24, 2.45) is 11.1 Å². The van der Waals surface area contributed by atoms with Crippen LogP contribution in [0.5, 0.6) is 0 Å². The molecule has 0 unspecified atom stereocenters. The largest absolute Gasteiger partial charge is 0.342 e. The summed E-state index contributed by atoms with van der Waals surface area (Å²) < 4.78 is 0. The van der Waals surface area contributed by atoms with E-state index in [2.05, 4.69) is 48.9 Å². The molecule has 3 N–H and O–H groups in total. The number of rotatable bonds is 5. The summed E-state index contributed by atoms with van der Waals surface area (Å²) in [6.45, 7) is 7.40. The molecule has 2 rings (SSSR count). The topological polar surface area (TPSA) is 54.7 Å². The molecule has 0 atom stereocenters. The summed E-state index contributed by atoms with van der Waals surface area (Å²) in [6, 6.07) is 6.26. The number of para-hydroxylation sites is 1. The van der Waals surface area contributed by atoms with E-state index < -0.39 is 0 Å². The van der Waals surface area contributed by atoms with Gasteiger partial charge in [-0.05, 0) is 43.4 Å². The van der Waals surface area contributed by atoms with Gasteiger partial charge in [0, 0.05) is 6.42 Å². The van der Waals surface area contributed by atoms with Gasteiger partial charge in [-0.2, -0.15) is 0 Å². The van der Waals surface area contributed by atoms with Crippen LogP contribution in [0, 0.1) is 12.3 Å². The highest BCUT2D eigenvalue weighted by molar-refractivity contribution is 5.78. The van der Waals surface area contributed by atoms with Crippen LogP contribution in [-0.4, -0.2) is 16.5 Å². The lowest BCUT2D eigenvalue weighted by Crippen LogP contribution is -2.18. The Hall–Kier alpha value is -1.35. The molecule has 0 saturated carbocycles. The van der Waals surface area contributed by atoms with E-state index in [-0.39, 0.29) is 0 Å². The third-order valence-electron chi connectivity index (χ3n) is 3.62. The second kappa shape index (κ2) is 5.11. The van der Waals surface area contributed by atoms with Gasteiger partial charge in [0.2, 0.25) is 0 Å². The Morgan fingerprint density at radius 1 is 1.28 bits per heavy atom. The monoisotopic (exact) mass is 245 g/mol. The third kappa shape index (κ3) is 2.91. The van der Waals surface area contributed by atoms with E-state index in [1.807, 2.05) is 0 Å². The molecule has 1 aromatic heterocycles. The number of hydrogen-bond donors (Lipinski definition) is 2. The SMILES string of the molecule is Cc1cccc2[nH]c(CCC(C)(C)CCN)nc12. The van der Waals surface area contributed by atoms with Crippen molar-refractivity contribution in [1.29, 1.82) is 0 Å². The maximum atomic E-state index is 5.64.